The zero-order chi connectivity index (χ0) is 30.7. The first kappa shape index (κ1) is 28.2. The van der Waals surface area contributed by atoms with Gasteiger partial charge in [0.25, 0.3) is 0 Å². The van der Waals surface area contributed by atoms with E-state index in [1.165, 1.54) is 50.0 Å². The van der Waals surface area contributed by atoms with Gasteiger partial charge in [0, 0.05) is 45.5 Å². The highest BCUT2D eigenvalue weighted by atomic mass is 15.2. The van der Waals surface area contributed by atoms with Crippen LogP contribution in [0.4, 0.5) is 22.7 Å². The highest BCUT2D eigenvalue weighted by molar-refractivity contribution is 5.98. The van der Waals surface area contributed by atoms with E-state index < -0.39 is 0 Å². The molecule has 2 aliphatic rings. The van der Waals surface area contributed by atoms with Gasteiger partial charge in [0.2, 0.25) is 0 Å². The quantitative estimate of drug-likeness (QED) is 0.170. The lowest BCUT2D eigenvalue weighted by molar-refractivity contribution is 0.545. The topological polar surface area (TPSA) is 6.48 Å². The first-order chi connectivity index (χ1) is 22.8. The highest BCUT2D eigenvalue weighted by Crippen LogP contribution is 2.41. The minimum atomic E-state index is 0.413. The van der Waals surface area contributed by atoms with Crippen LogP contribution >= 0.6 is 0 Å². The zero-order valence-electron chi connectivity index (χ0n) is 26.0. The van der Waals surface area contributed by atoms with E-state index >= 15 is 0 Å². The van der Waals surface area contributed by atoms with Crippen molar-refractivity contribution in [3.05, 3.63) is 181 Å². The fourth-order valence-electron chi connectivity index (χ4n) is 7.42. The van der Waals surface area contributed by atoms with Gasteiger partial charge in [0.15, 0.2) is 0 Å². The SMILES string of the molecule is C1=CC(C2=CCC(N(c3ccccc3)c3cccc4ccccc34)CC2)CC=C1N(c1ccccc1)c1cccc2ccccc12. The minimum Gasteiger partial charge on any atom is -0.338 e. The molecular formula is C44H38N2. The maximum atomic E-state index is 2.59. The van der Waals surface area contributed by atoms with Crippen molar-refractivity contribution in [3.63, 3.8) is 0 Å². The molecule has 6 aromatic rings. The number of para-hydroxylation sites is 2. The molecule has 0 heterocycles. The molecule has 0 saturated heterocycles. The van der Waals surface area contributed by atoms with E-state index in [1.54, 1.807) is 5.57 Å². The molecule has 2 nitrogen and oxygen atoms in total. The maximum absolute atomic E-state index is 2.59. The van der Waals surface area contributed by atoms with E-state index in [2.05, 4.69) is 180 Å². The van der Waals surface area contributed by atoms with Gasteiger partial charge in [-0.2, -0.15) is 0 Å². The van der Waals surface area contributed by atoms with Crippen molar-refractivity contribution in [2.45, 2.75) is 31.7 Å². The molecule has 0 aromatic heterocycles. The summed E-state index contributed by atoms with van der Waals surface area (Å²) in [6, 6.07) is 52.9. The van der Waals surface area contributed by atoms with Gasteiger partial charge in [-0.15, -0.1) is 0 Å². The van der Waals surface area contributed by atoms with Crippen LogP contribution in [0.15, 0.2) is 181 Å². The van der Waals surface area contributed by atoms with Crippen molar-refractivity contribution in [2.75, 3.05) is 9.80 Å². The molecule has 0 fully saturated rings. The fraction of sp³-hybridized carbons (Fsp3) is 0.136. The lowest BCUT2D eigenvalue weighted by Gasteiger charge is -2.37. The van der Waals surface area contributed by atoms with Crippen molar-refractivity contribution < 1.29 is 0 Å². The van der Waals surface area contributed by atoms with Gasteiger partial charge in [-0.3, -0.25) is 0 Å². The maximum Gasteiger partial charge on any atom is 0.0539 e. The molecule has 2 unspecified atom stereocenters. The van der Waals surface area contributed by atoms with Gasteiger partial charge < -0.3 is 9.80 Å². The van der Waals surface area contributed by atoms with Crippen molar-refractivity contribution in [2.24, 2.45) is 5.92 Å². The van der Waals surface area contributed by atoms with Crippen LogP contribution in [0.1, 0.15) is 25.7 Å². The van der Waals surface area contributed by atoms with E-state index in [1.807, 2.05) is 0 Å². The van der Waals surface area contributed by atoms with E-state index in [-0.39, 0.29) is 0 Å². The smallest absolute Gasteiger partial charge is 0.0539 e. The van der Waals surface area contributed by atoms with Crippen molar-refractivity contribution in [1.82, 2.24) is 0 Å². The molecule has 0 saturated carbocycles. The van der Waals surface area contributed by atoms with Crippen molar-refractivity contribution in [1.29, 1.82) is 0 Å². The first-order valence-corrected chi connectivity index (χ1v) is 16.6. The summed E-state index contributed by atoms with van der Waals surface area (Å²) in [7, 11) is 0. The summed E-state index contributed by atoms with van der Waals surface area (Å²) in [5.74, 6) is 0.442. The molecule has 0 spiro atoms. The predicted octanol–water partition coefficient (Wildman–Crippen LogP) is 11.9. The number of hydrogen-bond donors (Lipinski definition) is 0. The van der Waals surface area contributed by atoms with E-state index in [4.69, 9.17) is 0 Å². The predicted molar refractivity (Wildman–Crippen MR) is 196 cm³/mol. The van der Waals surface area contributed by atoms with E-state index in [9.17, 15) is 0 Å². The van der Waals surface area contributed by atoms with Gasteiger partial charge in [-0.05, 0) is 78.9 Å². The van der Waals surface area contributed by atoms with Gasteiger partial charge in [0.1, 0.15) is 0 Å². The standard InChI is InChI=1S/C44H38N2/c1-3-17-37(18-4-1)45(43-23-11-15-35-13-7-9-21-41(35)43)39-29-25-33(26-30-39)34-27-31-40(32-28-34)46(38-19-5-2-6-20-38)44-24-12-16-36-14-8-10-22-42(36)44/h1-25,27,29-30,33,40H,26,28,31-32H2. The van der Waals surface area contributed by atoms with Crippen LogP contribution < -0.4 is 9.80 Å². The Morgan fingerprint density at radius 2 is 1.09 bits per heavy atom. The number of anilines is 4. The van der Waals surface area contributed by atoms with E-state index in [0.717, 1.165) is 25.7 Å². The monoisotopic (exact) mass is 594 g/mol. The summed E-state index contributed by atoms with van der Waals surface area (Å²) in [5, 5.41) is 5.12. The lowest BCUT2D eigenvalue weighted by atomic mass is 9.82. The second-order valence-corrected chi connectivity index (χ2v) is 12.4. The molecule has 2 aliphatic carbocycles. The second kappa shape index (κ2) is 12.6. The molecule has 0 amide bonds. The summed E-state index contributed by atoms with van der Waals surface area (Å²) in [6.07, 6.45) is 14.1. The summed E-state index contributed by atoms with van der Waals surface area (Å²) >= 11 is 0. The third kappa shape index (κ3) is 5.41. The van der Waals surface area contributed by atoms with Crippen molar-refractivity contribution >= 4 is 44.3 Å². The Hall–Kier alpha value is -5.34. The summed E-state index contributed by atoms with van der Waals surface area (Å²) < 4.78 is 0. The Bertz CT molecular complexity index is 2060. The Kier molecular flexibility index (Phi) is 7.70. The van der Waals surface area contributed by atoms with Crippen LogP contribution in [0.3, 0.4) is 0 Å². The minimum absolute atomic E-state index is 0.413. The normalized spacial score (nSPS) is 17.8. The molecule has 0 N–H and O–H groups in total. The summed E-state index contributed by atoms with van der Waals surface area (Å²) in [6.45, 7) is 0. The van der Waals surface area contributed by atoms with Crippen LogP contribution in [-0.4, -0.2) is 6.04 Å². The number of nitrogens with zero attached hydrogens (tertiary/aromatic N) is 2. The molecule has 46 heavy (non-hydrogen) atoms. The van der Waals surface area contributed by atoms with Crippen LogP contribution in [0.5, 0.6) is 0 Å². The van der Waals surface area contributed by atoms with Crippen LogP contribution in [0.25, 0.3) is 21.5 Å². The Labute approximate surface area is 272 Å². The average Bonchev–Trinajstić information content (AvgIpc) is 3.14. The molecule has 2 heteroatoms. The van der Waals surface area contributed by atoms with Gasteiger partial charge in [-0.25, -0.2) is 0 Å². The van der Waals surface area contributed by atoms with Gasteiger partial charge >= 0.3 is 0 Å². The molecule has 0 aliphatic heterocycles. The molecule has 0 bridgehead atoms. The summed E-state index contributed by atoms with van der Waals surface area (Å²) in [5.41, 5.74) is 7.77. The Morgan fingerprint density at radius 1 is 0.500 bits per heavy atom. The molecule has 0 radical (unpaired) electrons. The van der Waals surface area contributed by atoms with Crippen LogP contribution in [-0.2, 0) is 0 Å². The molecule has 6 aromatic carbocycles. The van der Waals surface area contributed by atoms with E-state index in [0.29, 0.717) is 12.0 Å². The molecule has 8 rings (SSSR count). The van der Waals surface area contributed by atoms with Gasteiger partial charge in [0.05, 0.1) is 5.69 Å². The molecule has 2 atom stereocenters. The highest BCUT2D eigenvalue weighted by Gasteiger charge is 2.27. The summed E-state index contributed by atoms with van der Waals surface area (Å²) in [4.78, 5) is 5.01. The third-order valence-electron chi connectivity index (χ3n) is 9.68. The number of hydrogen-bond acceptors (Lipinski definition) is 2. The lowest BCUT2D eigenvalue weighted by Crippen LogP contribution is -2.33. The molecular weight excluding hydrogens is 556 g/mol. The Balaban J connectivity index is 1.06. The number of rotatable bonds is 7. The first-order valence-electron chi connectivity index (χ1n) is 16.6. The number of allylic oxidation sites excluding steroid dienone is 4. The number of benzene rings is 6. The third-order valence-corrected chi connectivity index (χ3v) is 9.68. The van der Waals surface area contributed by atoms with Gasteiger partial charge in [-0.1, -0.05) is 133 Å². The Morgan fingerprint density at radius 3 is 1.72 bits per heavy atom. The van der Waals surface area contributed by atoms with Crippen LogP contribution in [0, 0.1) is 5.92 Å². The largest absolute Gasteiger partial charge is 0.338 e. The zero-order valence-corrected chi connectivity index (χ0v) is 26.0. The number of fused-ring (bicyclic) bond motifs is 2. The second-order valence-electron chi connectivity index (χ2n) is 12.4. The fourth-order valence-corrected chi connectivity index (χ4v) is 7.42. The molecule has 224 valence electrons. The van der Waals surface area contributed by atoms with Crippen molar-refractivity contribution in [3.8, 4) is 0 Å². The average molecular weight is 595 g/mol. The van der Waals surface area contributed by atoms with Crippen LogP contribution in [0.2, 0.25) is 0 Å².